The van der Waals surface area contributed by atoms with Gasteiger partial charge in [-0.1, -0.05) is 35.9 Å². The largest absolute Gasteiger partial charge is 0.355 e. The zero-order chi connectivity index (χ0) is 21.6. The fourth-order valence-electron chi connectivity index (χ4n) is 3.69. The second-order valence-corrected chi connectivity index (χ2v) is 7.82. The van der Waals surface area contributed by atoms with E-state index in [0.29, 0.717) is 34.0 Å². The van der Waals surface area contributed by atoms with E-state index < -0.39 is 0 Å². The molecule has 2 aromatic carbocycles. The molecule has 0 bridgehead atoms. The third-order valence-corrected chi connectivity index (χ3v) is 5.65. The molecule has 1 saturated heterocycles. The summed E-state index contributed by atoms with van der Waals surface area (Å²) in [6.45, 7) is 2.14. The maximum atomic E-state index is 12.1. The number of aromatic nitrogens is 2. The second kappa shape index (κ2) is 9.76. The minimum absolute atomic E-state index is 0.194. The third-order valence-electron chi connectivity index (χ3n) is 5.37. The van der Waals surface area contributed by atoms with Crippen LogP contribution in [0.25, 0.3) is 0 Å². The molecule has 0 aliphatic carbocycles. The predicted molar refractivity (Wildman–Crippen MR) is 125 cm³/mol. The van der Waals surface area contributed by atoms with E-state index in [1.807, 2.05) is 18.2 Å². The molecule has 1 aromatic heterocycles. The summed E-state index contributed by atoms with van der Waals surface area (Å²) < 4.78 is 0. The SMILES string of the molecule is CNC(=O)c1ccccc1Nc1nc(Nc2ccc(C3CCNCC3)cc2)ncc1Cl. The van der Waals surface area contributed by atoms with Crippen LogP contribution in [0, 0.1) is 0 Å². The van der Waals surface area contributed by atoms with Gasteiger partial charge in [-0.2, -0.15) is 4.98 Å². The Hall–Kier alpha value is -3.16. The highest BCUT2D eigenvalue weighted by Crippen LogP contribution is 2.28. The molecule has 0 radical (unpaired) electrons. The van der Waals surface area contributed by atoms with Crippen molar-refractivity contribution in [3.63, 3.8) is 0 Å². The standard InChI is InChI=1S/C23H25ClN6O/c1-25-22(31)18-4-2-3-5-20(18)29-21-19(24)14-27-23(30-21)28-17-8-6-15(7-9-17)16-10-12-26-13-11-16/h2-9,14,16,26H,10-13H2,1H3,(H,25,31)(H2,27,28,29,30). The second-order valence-electron chi connectivity index (χ2n) is 7.41. The number of carbonyl (C=O) groups excluding carboxylic acids is 1. The predicted octanol–water partition coefficient (Wildman–Crippen LogP) is 4.44. The number of carbonyl (C=O) groups is 1. The van der Waals surface area contributed by atoms with Crippen LogP contribution in [0.2, 0.25) is 5.02 Å². The first-order chi connectivity index (χ1) is 15.1. The van der Waals surface area contributed by atoms with Gasteiger partial charge in [0.2, 0.25) is 5.95 Å². The molecular formula is C23H25ClN6O. The Kier molecular flexibility index (Phi) is 6.64. The quantitative estimate of drug-likeness (QED) is 0.456. The zero-order valence-corrected chi connectivity index (χ0v) is 18.0. The van der Waals surface area contributed by atoms with Crippen molar-refractivity contribution in [3.8, 4) is 0 Å². The average Bonchev–Trinajstić information content (AvgIpc) is 2.82. The lowest BCUT2D eigenvalue weighted by atomic mass is 9.90. The molecule has 8 heteroatoms. The van der Waals surface area contributed by atoms with Gasteiger partial charge < -0.3 is 21.3 Å². The van der Waals surface area contributed by atoms with Crippen LogP contribution in [0.5, 0.6) is 0 Å². The van der Waals surface area contributed by atoms with Gasteiger partial charge in [0.05, 0.1) is 17.4 Å². The minimum atomic E-state index is -0.194. The molecule has 2 heterocycles. The number of nitrogens with zero attached hydrogens (tertiary/aromatic N) is 2. The van der Waals surface area contributed by atoms with E-state index in [1.165, 1.54) is 24.6 Å². The molecular weight excluding hydrogens is 412 g/mol. The van der Waals surface area contributed by atoms with Crippen LogP contribution in [0.1, 0.15) is 34.7 Å². The summed E-state index contributed by atoms with van der Waals surface area (Å²) in [7, 11) is 1.59. The van der Waals surface area contributed by atoms with Gasteiger partial charge in [-0.05, 0) is 61.7 Å². The van der Waals surface area contributed by atoms with Gasteiger partial charge in [0.25, 0.3) is 5.91 Å². The molecule has 160 valence electrons. The Balaban J connectivity index is 1.50. The average molecular weight is 437 g/mol. The Morgan fingerprint density at radius 1 is 1.06 bits per heavy atom. The molecule has 4 rings (SSSR count). The van der Waals surface area contributed by atoms with Crippen LogP contribution in [-0.2, 0) is 0 Å². The lowest BCUT2D eigenvalue weighted by Gasteiger charge is -2.23. The van der Waals surface area contributed by atoms with Gasteiger partial charge in [0, 0.05) is 12.7 Å². The fourth-order valence-corrected chi connectivity index (χ4v) is 3.83. The Morgan fingerprint density at radius 3 is 2.55 bits per heavy atom. The summed E-state index contributed by atoms with van der Waals surface area (Å²) in [6.07, 6.45) is 3.87. The van der Waals surface area contributed by atoms with E-state index in [1.54, 1.807) is 25.2 Å². The maximum absolute atomic E-state index is 12.1. The normalized spacial score (nSPS) is 14.1. The fraction of sp³-hybridized carbons (Fsp3) is 0.261. The first-order valence-electron chi connectivity index (χ1n) is 10.3. The van der Waals surface area contributed by atoms with Crippen molar-refractivity contribution in [1.82, 2.24) is 20.6 Å². The van der Waals surface area contributed by atoms with E-state index >= 15 is 0 Å². The summed E-state index contributed by atoms with van der Waals surface area (Å²) in [5.41, 5.74) is 3.37. The summed E-state index contributed by atoms with van der Waals surface area (Å²) in [4.78, 5) is 20.9. The van der Waals surface area contributed by atoms with E-state index in [4.69, 9.17) is 11.6 Å². The topological polar surface area (TPSA) is 91.0 Å². The van der Waals surface area contributed by atoms with E-state index in [0.717, 1.165) is 18.8 Å². The molecule has 0 saturated carbocycles. The molecule has 0 unspecified atom stereocenters. The van der Waals surface area contributed by atoms with Crippen molar-refractivity contribution in [2.75, 3.05) is 30.8 Å². The highest BCUT2D eigenvalue weighted by atomic mass is 35.5. The van der Waals surface area contributed by atoms with Gasteiger partial charge in [0.1, 0.15) is 5.02 Å². The van der Waals surface area contributed by atoms with E-state index in [-0.39, 0.29) is 5.91 Å². The summed E-state index contributed by atoms with van der Waals surface area (Å²) in [5, 5.41) is 12.8. The van der Waals surface area contributed by atoms with Crippen LogP contribution >= 0.6 is 11.6 Å². The monoisotopic (exact) mass is 436 g/mol. The molecule has 1 amide bonds. The number of hydrogen-bond acceptors (Lipinski definition) is 6. The number of piperidine rings is 1. The molecule has 7 nitrogen and oxygen atoms in total. The Morgan fingerprint density at radius 2 is 1.81 bits per heavy atom. The number of nitrogens with one attached hydrogen (secondary N) is 4. The van der Waals surface area contributed by atoms with Gasteiger partial charge in [0.15, 0.2) is 5.82 Å². The molecule has 31 heavy (non-hydrogen) atoms. The number of benzene rings is 2. The smallest absolute Gasteiger partial charge is 0.253 e. The van der Waals surface area contributed by atoms with Crippen molar-refractivity contribution in [2.45, 2.75) is 18.8 Å². The molecule has 0 atom stereocenters. The van der Waals surface area contributed by atoms with Crippen LogP contribution in [-0.4, -0.2) is 36.0 Å². The van der Waals surface area contributed by atoms with E-state index in [2.05, 4.69) is 43.4 Å². The van der Waals surface area contributed by atoms with Crippen LogP contribution in [0.3, 0.4) is 0 Å². The van der Waals surface area contributed by atoms with Crippen molar-refractivity contribution >= 4 is 40.6 Å². The number of para-hydroxylation sites is 1. The third kappa shape index (κ3) is 5.13. The van der Waals surface area contributed by atoms with Crippen LogP contribution in [0.15, 0.2) is 54.7 Å². The lowest BCUT2D eigenvalue weighted by molar-refractivity contribution is 0.0964. The molecule has 1 fully saturated rings. The minimum Gasteiger partial charge on any atom is -0.355 e. The number of amides is 1. The van der Waals surface area contributed by atoms with Gasteiger partial charge in [-0.3, -0.25) is 4.79 Å². The lowest BCUT2D eigenvalue weighted by Crippen LogP contribution is -2.26. The van der Waals surface area contributed by atoms with Crippen LogP contribution < -0.4 is 21.3 Å². The Bertz CT molecular complexity index is 1050. The molecule has 1 aliphatic heterocycles. The van der Waals surface area contributed by atoms with Crippen molar-refractivity contribution in [2.24, 2.45) is 0 Å². The summed E-state index contributed by atoms with van der Waals surface area (Å²) >= 11 is 6.30. The first kappa shape index (κ1) is 21.1. The Labute approximate surface area is 186 Å². The summed E-state index contributed by atoms with van der Waals surface area (Å²) in [5.74, 6) is 1.25. The number of halogens is 1. The number of rotatable bonds is 6. The van der Waals surface area contributed by atoms with Gasteiger partial charge >= 0.3 is 0 Å². The van der Waals surface area contributed by atoms with Crippen molar-refractivity contribution < 1.29 is 4.79 Å². The zero-order valence-electron chi connectivity index (χ0n) is 17.3. The highest BCUT2D eigenvalue weighted by molar-refractivity contribution is 6.33. The molecule has 4 N–H and O–H groups in total. The van der Waals surface area contributed by atoms with Gasteiger partial charge in [-0.25, -0.2) is 4.98 Å². The molecule has 1 aliphatic rings. The highest BCUT2D eigenvalue weighted by Gasteiger charge is 2.15. The van der Waals surface area contributed by atoms with Crippen LogP contribution in [0.4, 0.5) is 23.1 Å². The number of anilines is 4. The maximum Gasteiger partial charge on any atom is 0.253 e. The van der Waals surface area contributed by atoms with Gasteiger partial charge in [-0.15, -0.1) is 0 Å². The van der Waals surface area contributed by atoms with E-state index in [9.17, 15) is 4.79 Å². The summed E-state index contributed by atoms with van der Waals surface area (Å²) in [6, 6.07) is 15.6. The first-order valence-corrected chi connectivity index (χ1v) is 10.7. The molecule has 3 aromatic rings. The number of hydrogen-bond donors (Lipinski definition) is 4. The van der Waals surface area contributed by atoms with Crippen molar-refractivity contribution in [1.29, 1.82) is 0 Å². The van der Waals surface area contributed by atoms with Crippen molar-refractivity contribution in [3.05, 3.63) is 70.9 Å². The molecule has 0 spiro atoms.